The Labute approximate surface area is 320 Å². The molecule has 1 aliphatic heterocycles. The fourth-order valence-corrected chi connectivity index (χ4v) is 5.47. The van der Waals surface area contributed by atoms with Crippen molar-refractivity contribution in [1.29, 1.82) is 0 Å². The van der Waals surface area contributed by atoms with Gasteiger partial charge in [-0.25, -0.2) is 19.2 Å². The zero-order valence-electron chi connectivity index (χ0n) is 29.5. The Balaban J connectivity index is 0.000000189. The van der Waals surface area contributed by atoms with Crippen LogP contribution in [0, 0.1) is 20.8 Å². The molecule has 3 heterocycles. The fourth-order valence-electron chi connectivity index (χ4n) is 5.10. The molecule has 0 spiro atoms. The number of hydrogen-bond acceptors (Lipinski definition) is 10. The molecule has 0 unspecified atom stereocenters. The standard InChI is InChI=1S/C19H18N4O3S.C18H16N2O2.C2H6BrN/c1-13-2-4-14(5-3-13)18-12-17(19-21-10-11-24-19)22-23(18)15-6-8-16(9-7-15)27-26-25-20;1-12-3-7-14(8-4-12)17-11-16(18(21)22)19-20(17)15-9-5-13(2)6-10-15;3-1-2-4/h2-9,12H,10-11,20H2,1H3;3-11H,1-2H3,(H,21,22);1-2,4H2. The van der Waals surface area contributed by atoms with Crippen molar-refractivity contribution in [2.75, 3.05) is 25.0 Å². The topological polar surface area (TPSA) is 165 Å². The van der Waals surface area contributed by atoms with Gasteiger partial charge >= 0.3 is 5.97 Å². The number of carboxylic acids is 1. The minimum absolute atomic E-state index is 0.0381. The monoisotopic (exact) mass is 797 g/mol. The van der Waals surface area contributed by atoms with Crippen molar-refractivity contribution in [2.45, 2.75) is 25.7 Å². The number of aliphatic imine (C=N–C) groups is 1. The first-order chi connectivity index (χ1) is 25.7. The summed E-state index contributed by atoms with van der Waals surface area (Å²) in [5.74, 6) is 4.43. The van der Waals surface area contributed by atoms with Gasteiger partial charge in [-0.05, 0) is 69.3 Å². The van der Waals surface area contributed by atoms with Crippen molar-refractivity contribution in [3.63, 3.8) is 0 Å². The van der Waals surface area contributed by atoms with Crippen LogP contribution in [0.4, 0.5) is 0 Å². The molecule has 5 N–H and O–H groups in total. The zero-order chi connectivity index (χ0) is 37.7. The number of aryl methyl sites for hydroxylation is 3. The summed E-state index contributed by atoms with van der Waals surface area (Å²) >= 11 is 4.16. The SMILES string of the molecule is Cc1ccc(-c2cc(C(=O)O)nn2-c2ccc(C)cc2)cc1.Cc1ccc(-c2cc(C3=NCCO3)nn2-c2ccc(SOON)cc2)cc1.NCCBr. The summed E-state index contributed by atoms with van der Waals surface area (Å²) in [6.07, 6.45) is 0. The van der Waals surface area contributed by atoms with E-state index in [1.807, 2.05) is 97.4 Å². The molecule has 2 aromatic heterocycles. The summed E-state index contributed by atoms with van der Waals surface area (Å²) < 4.78 is 13.8. The zero-order valence-corrected chi connectivity index (χ0v) is 31.9. The maximum Gasteiger partial charge on any atom is 0.356 e. The molecule has 274 valence electrons. The highest BCUT2D eigenvalue weighted by Crippen LogP contribution is 2.28. The predicted octanol–water partition coefficient (Wildman–Crippen LogP) is 7.65. The molecule has 0 atom stereocenters. The van der Waals surface area contributed by atoms with Gasteiger partial charge in [0.1, 0.15) is 12.3 Å². The lowest BCUT2D eigenvalue weighted by Crippen LogP contribution is -2.04. The molecule has 1 aliphatic rings. The van der Waals surface area contributed by atoms with Gasteiger partial charge in [-0.2, -0.15) is 16.1 Å². The summed E-state index contributed by atoms with van der Waals surface area (Å²) in [4.78, 5) is 20.6. The van der Waals surface area contributed by atoms with Gasteiger partial charge in [-0.3, -0.25) is 0 Å². The lowest BCUT2D eigenvalue weighted by Gasteiger charge is -2.08. The number of nitrogens with two attached hydrogens (primary N) is 2. The van der Waals surface area contributed by atoms with Crippen LogP contribution in [0.2, 0.25) is 0 Å². The van der Waals surface area contributed by atoms with E-state index in [0.29, 0.717) is 19.0 Å². The molecule has 7 rings (SSSR count). The van der Waals surface area contributed by atoms with Crippen LogP contribution in [0.1, 0.15) is 32.9 Å². The molecule has 53 heavy (non-hydrogen) atoms. The van der Waals surface area contributed by atoms with Gasteiger partial charge in [0.2, 0.25) is 5.90 Å². The number of carboxylic acid groups (broad SMARTS) is 1. The third-order valence-electron chi connectivity index (χ3n) is 7.78. The fraction of sp³-hybridized carbons (Fsp3) is 0.179. The summed E-state index contributed by atoms with van der Waals surface area (Å²) in [6.45, 7) is 8.09. The van der Waals surface area contributed by atoms with E-state index in [1.54, 1.807) is 10.7 Å². The van der Waals surface area contributed by atoms with E-state index in [1.165, 1.54) is 5.56 Å². The number of aromatic carboxylic acids is 1. The van der Waals surface area contributed by atoms with Gasteiger partial charge in [-0.1, -0.05) is 93.3 Å². The van der Waals surface area contributed by atoms with Crippen LogP contribution in [0.15, 0.2) is 119 Å². The number of benzene rings is 4. The number of carbonyl (C=O) groups is 1. The van der Waals surface area contributed by atoms with Gasteiger partial charge in [-0.15, -0.1) is 9.32 Å². The molecular weight excluding hydrogens is 758 g/mol. The highest BCUT2D eigenvalue weighted by Gasteiger charge is 2.19. The average Bonchev–Trinajstić information content (AvgIpc) is 3.97. The second kappa shape index (κ2) is 19.1. The van der Waals surface area contributed by atoms with Crippen molar-refractivity contribution in [1.82, 2.24) is 19.6 Å². The molecule has 0 aliphatic carbocycles. The van der Waals surface area contributed by atoms with E-state index in [2.05, 4.69) is 66.5 Å². The quantitative estimate of drug-likeness (QED) is 0.0543. The first kappa shape index (κ1) is 39.1. The highest BCUT2D eigenvalue weighted by molar-refractivity contribution is 9.09. The largest absolute Gasteiger partial charge is 0.476 e. The first-order valence-corrected chi connectivity index (χ1v) is 18.5. The molecule has 0 fully saturated rings. The van der Waals surface area contributed by atoms with Gasteiger partial charge in [0.15, 0.2) is 5.69 Å². The number of rotatable bonds is 10. The summed E-state index contributed by atoms with van der Waals surface area (Å²) in [6, 6.07) is 35.4. The van der Waals surface area contributed by atoms with E-state index >= 15 is 0 Å². The van der Waals surface area contributed by atoms with Crippen LogP contribution in [0.5, 0.6) is 0 Å². The van der Waals surface area contributed by atoms with Crippen LogP contribution in [-0.4, -0.2) is 61.6 Å². The Kier molecular flexibility index (Phi) is 14.1. The number of aromatic nitrogens is 4. The second-order valence-electron chi connectivity index (χ2n) is 11.8. The van der Waals surface area contributed by atoms with E-state index in [9.17, 15) is 9.90 Å². The lowest BCUT2D eigenvalue weighted by molar-refractivity contribution is -0.195. The normalized spacial score (nSPS) is 11.8. The smallest absolute Gasteiger partial charge is 0.356 e. The summed E-state index contributed by atoms with van der Waals surface area (Å²) in [7, 11) is 0. The maximum atomic E-state index is 11.3. The number of nitrogens with zero attached hydrogens (tertiary/aromatic N) is 5. The van der Waals surface area contributed by atoms with Crippen LogP contribution < -0.4 is 11.6 Å². The van der Waals surface area contributed by atoms with Crippen LogP contribution in [-0.2, 0) is 14.1 Å². The molecule has 14 heteroatoms. The molecule has 0 amide bonds. The highest BCUT2D eigenvalue weighted by atomic mass is 79.9. The van der Waals surface area contributed by atoms with Crippen LogP contribution in [0.3, 0.4) is 0 Å². The Hall–Kier alpha value is -5.09. The van der Waals surface area contributed by atoms with Crippen molar-refractivity contribution in [2.24, 2.45) is 16.6 Å². The predicted molar refractivity (Wildman–Crippen MR) is 212 cm³/mol. The number of hydrogen-bond donors (Lipinski definition) is 3. The average molecular weight is 799 g/mol. The van der Waals surface area contributed by atoms with E-state index < -0.39 is 5.97 Å². The Morgan fingerprint density at radius 2 is 1.30 bits per heavy atom. The van der Waals surface area contributed by atoms with Gasteiger partial charge in [0.05, 0.1) is 41.4 Å². The Bertz CT molecular complexity index is 2050. The summed E-state index contributed by atoms with van der Waals surface area (Å²) in [5.41, 5.74) is 14.7. The lowest BCUT2D eigenvalue weighted by atomic mass is 10.1. The van der Waals surface area contributed by atoms with Gasteiger partial charge in [0.25, 0.3) is 0 Å². The number of ether oxygens (including phenoxy) is 1. The Morgan fingerprint density at radius 3 is 1.77 bits per heavy atom. The van der Waals surface area contributed by atoms with E-state index in [-0.39, 0.29) is 5.69 Å². The minimum Gasteiger partial charge on any atom is -0.476 e. The third kappa shape index (κ3) is 10.5. The molecule has 0 saturated carbocycles. The minimum atomic E-state index is -1.03. The molecule has 12 nitrogen and oxygen atoms in total. The molecule has 0 radical (unpaired) electrons. The molecule has 0 bridgehead atoms. The molecule has 4 aromatic carbocycles. The van der Waals surface area contributed by atoms with Gasteiger partial charge in [0, 0.05) is 27.9 Å². The number of halogens is 1. The molecular formula is C39H40BrN7O5S. The van der Waals surface area contributed by atoms with Crippen molar-refractivity contribution >= 4 is 39.8 Å². The van der Waals surface area contributed by atoms with Crippen molar-refractivity contribution in [3.05, 3.63) is 137 Å². The van der Waals surface area contributed by atoms with Gasteiger partial charge < -0.3 is 15.6 Å². The molecule has 0 saturated heterocycles. The Morgan fingerprint density at radius 1 is 0.811 bits per heavy atom. The van der Waals surface area contributed by atoms with E-state index in [0.717, 1.165) is 79.5 Å². The maximum absolute atomic E-state index is 11.3. The second-order valence-corrected chi connectivity index (χ2v) is 13.3. The van der Waals surface area contributed by atoms with Crippen molar-refractivity contribution < 1.29 is 24.0 Å². The third-order valence-corrected chi connectivity index (χ3v) is 8.84. The first-order valence-electron chi connectivity index (χ1n) is 16.6. The number of alkyl halides is 1. The summed E-state index contributed by atoms with van der Waals surface area (Å²) in [5, 5.41) is 19.1. The van der Waals surface area contributed by atoms with Crippen molar-refractivity contribution in [3.8, 4) is 33.9 Å². The van der Waals surface area contributed by atoms with Crippen LogP contribution >= 0.6 is 28.0 Å². The van der Waals surface area contributed by atoms with E-state index in [4.69, 9.17) is 21.5 Å². The van der Waals surface area contributed by atoms with Crippen LogP contribution in [0.25, 0.3) is 33.9 Å². The molecule has 6 aromatic rings.